The Morgan fingerprint density at radius 1 is 0.906 bits per heavy atom. The highest BCUT2D eigenvalue weighted by molar-refractivity contribution is 5.95. The summed E-state index contributed by atoms with van der Waals surface area (Å²) in [6.45, 7) is 0.928. The first kappa shape index (κ1) is 21.1. The maximum absolute atomic E-state index is 12.5. The van der Waals surface area contributed by atoms with Crippen LogP contribution < -0.4 is 16.2 Å². The van der Waals surface area contributed by atoms with Crippen LogP contribution in [0.2, 0.25) is 0 Å². The number of amides is 4. The summed E-state index contributed by atoms with van der Waals surface area (Å²) in [5, 5.41) is 9.67. The van der Waals surface area contributed by atoms with Gasteiger partial charge in [-0.2, -0.15) is 5.10 Å². The van der Waals surface area contributed by atoms with Gasteiger partial charge in [0, 0.05) is 30.3 Å². The van der Waals surface area contributed by atoms with Crippen LogP contribution in [0, 0.1) is 5.92 Å². The number of aromatic nitrogens is 2. The molecule has 2 aromatic carbocycles. The van der Waals surface area contributed by atoms with Crippen LogP contribution in [0.4, 0.5) is 10.5 Å². The molecule has 9 nitrogen and oxygen atoms in total. The van der Waals surface area contributed by atoms with Crippen LogP contribution in [0.15, 0.2) is 66.7 Å². The lowest BCUT2D eigenvalue weighted by molar-refractivity contribution is -0.127. The Hall–Kier alpha value is -4.14. The van der Waals surface area contributed by atoms with Gasteiger partial charge in [0.1, 0.15) is 5.69 Å². The number of urea groups is 1. The molecule has 2 heterocycles. The Kier molecular flexibility index (Phi) is 6.45. The molecule has 1 aromatic heterocycles. The van der Waals surface area contributed by atoms with Crippen LogP contribution >= 0.6 is 0 Å². The summed E-state index contributed by atoms with van der Waals surface area (Å²) in [5.74, 6) is -1.03. The molecule has 1 saturated heterocycles. The number of carbonyl (C=O) groups excluding carboxylic acids is 3. The Morgan fingerprint density at radius 2 is 1.56 bits per heavy atom. The minimum atomic E-state index is -0.479. The topological polar surface area (TPSA) is 119 Å². The largest absolute Gasteiger partial charge is 0.324 e. The number of piperidine rings is 1. The highest BCUT2D eigenvalue weighted by Crippen LogP contribution is 2.19. The fraction of sp³-hybridized carbons (Fsp3) is 0.217. The zero-order valence-electron chi connectivity index (χ0n) is 17.4. The molecule has 0 radical (unpaired) electrons. The van der Waals surface area contributed by atoms with E-state index in [4.69, 9.17) is 0 Å². The highest BCUT2D eigenvalue weighted by Gasteiger charge is 2.27. The van der Waals surface area contributed by atoms with Crippen LogP contribution in [0.1, 0.15) is 23.3 Å². The van der Waals surface area contributed by atoms with E-state index in [9.17, 15) is 14.4 Å². The van der Waals surface area contributed by atoms with Crippen LogP contribution in [-0.2, 0) is 4.79 Å². The number of benzene rings is 2. The summed E-state index contributed by atoms with van der Waals surface area (Å²) >= 11 is 0. The number of para-hydroxylation sites is 1. The molecular weight excluding hydrogens is 408 g/mol. The fourth-order valence-electron chi connectivity index (χ4n) is 3.55. The third kappa shape index (κ3) is 5.12. The Labute approximate surface area is 185 Å². The van der Waals surface area contributed by atoms with E-state index in [0.717, 1.165) is 11.3 Å². The van der Waals surface area contributed by atoms with E-state index in [2.05, 4.69) is 26.4 Å². The standard InChI is InChI=1S/C23H24N6O3/c30-21(17-11-13-29(14-12-17)23(32)24-18-9-5-2-6-10-18)27-28-22(31)20-15-19(25-26-20)16-7-3-1-4-8-16/h1-10,15,17H,11-14H2,(H,24,32)(H,25,26)(H,27,30)(H,28,31). The number of aromatic amines is 1. The summed E-state index contributed by atoms with van der Waals surface area (Å²) in [5.41, 5.74) is 7.41. The quantitative estimate of drug-likeness (QED) is 0.474. The first-order chi connectivity index (χ1) is 15.6. The number of carbonyl (C=O) groups is 3. The van der Waals surface area contributed by atoms with Gasteiger partial charge in [-0.25, -0.2) is 4.79 Å². The minimum Gasteiger partial charge on any atom is -0.324 e. The van der Waals surface area contributed by atoms with Gasteiger partial charge in [-0.05, 0) is 31.0 Å². The van der Waals surface area contributed by atoms with Crippen molar-refractivity contribution in [1.82, 2.24) is 25.9 Å². The van der Waals surface area contributed by atoms with Crippen LogP contribution in [0.3, 0.4) is 0 Å². The van der Waals surface area contributed by atoms with E-state index in [1.807, 2.05) is 60.7 Å². The van der Waals surface area contributed by atoms with Gasteiger partial charge in [0.15, 0.2) is 0 Å². The molecule has 32 heavy (non-hydrogen) atoms. The molecule has 0 spiro atoms. The number of anilines is 1. The number of hydrazine groups is 1. The van der Waals surface area contributed by atoms with Gasteiger partial charge in [0.2, 0.25) is 5.91 Å². The van der Waals surface area contributed by atoms with E-state index in [0.29, 0.717) is 31.6 Å². The Bertz CT molecular complexity index is 1080. The molecule has 0 bridgehead atoms. The molecule has 164 valence electrons. The second-order valence-electron chi connectivity index (χ2n) is 7.53. The van der Waals surface area contributed by atoms with Crippen molar-refractivity contribution in [1.29, 1.82) is 0 Å². The molecule has 1 aliphatic heterocycles. The molecule has 1 fully saturated rings. The SMILES string of the molecule is O=C(NNC(=O)C1CCN(C(=O)Nc2ccccc2)CC1)c1cc(-c2ccccc2)n[nH]1. The first-order valence-electron chi connectivity index (χ1n) is 10.4. The molecule has 0 unspecified atom stereocenters. The second kappa shape index (κ2) is 9.78. The molecule has 0 atom stereocenters. The van der Waals surface area contributed by atoms with Gasteiger partial charge in [-0.15, -0.1) is 0 Å². The lowest BCUT2D eigenvalue weighted by Gasteiger charge is -2.31. The summed E-state index contributed by atoms with van der Waals surface area (Å²) in [6.07, 6.45) is 1.04. The van der Waals surface area contributed by atoms with Gasteiger partial charge in [0.25, 0.3) is 5.91 Å². The predicted molar refractivity (Wildman–Crippen MR) is 119 cm³/mol. The van der Waals surface area contributed by atoms with Crippen molar-refractivity contribution >= 4 is 23.5 Å². The molecule has 4 amide bonds. The van der Waals surface area contributed by atoms with Gasteiger partial charge in [0.05, 0.1) is 5.69 Å². The summed E-state index contributed by atoms with van der Waals surface area (Å²) in [7, 11) is 0. The van der Waals surface area contributed by atoms with Crippen molar-refractivity contribution in [2.75, 3.05) is 18.4 Å². The van der Waals surface area contributed by atoms with Gasteiger partial charge in [-0.3, -0.25) is 25.5 Å². The van der Waals surface area contributed by atoms with E-state index in [1.54, 1.807) is 11.0 Å². The normalized spacial score (nSPS) is 13.9. The van der Waals surface area contributed by atoms with Crippen LogP contribution in [0.25, 0.3) is 11.3 Å². The third-order valence-corrected chi connectivity index (χ3v) is 5.37. The smallest absolute Gasteiger partial charge is 0.321 e. The van der Waals surface area contributed by atoms with Gasteiger partial charge >= 0.3 is 6.03 Å². The van der Waals surface area contributed by atoms with Crippen molar-refractivity contribution < 1.29 is 14.4 Å². The zero-order chi connectivity index (χ0) is 22.3. The van der Waals surface area contributed by atoms with Gasteiger partial charge in [-0.1, -0.05) is 48.5 Å². The van der Waals surface area contributed by atoms with Crippen molar-refractivity contribution in [2.24, 2.45) is 5.92 Å². The highest BCUT2D eigenvalue weighted by atomic mass is 16.2. The lowest BCUT2D eigenvalue weighted by atomic mass is 9.96. The summed E-state index contributed by atoms with van der Waals surface area (Å²) in [4.78, 5) is 38.8. The number of H-pyrrole nitrogens is 1. The number of hydrogen-bond acceptors (Lipinski definition) is 4. The number of likely N-dealkylation sites (tertiary alicyclic amines) is 1. The number of rotatable bonds is 4. The lowest BCUT2D eigenvalue weighted by Crippen LogP contribution is -2.48. The average molecular weight is 432 g/mol. The molecule has 1 aliphatic rings. The molecular formula is C23H24N6O3. The zero-order valence-corrected chi connectivity index (χ0v) is 17.4. The fourth-order valence-corrected chi connectivity index (χ4v) is 3.55. The maximum Gasteiger partial charge on any atom is 0.321 e. The molecule has 3 aromatic rings. The second-order valence-corrected chi connectivity index (χ2v) is 7.53. The maximum atomic E-state index is 12.5. The number of nitrogens with zero attached hydrogens (tertiary/aromatic N) is 2. The summed E-state index contributed by atoms with van der Waals surface area (Å²) in [6, 6.07) is 20.1. The van der Waals surface area contributed by atoms with Crippen molar-refractivity contribution in [2.45, 2.75) is 12.8 Å². The van der Waals surface area contributed by atoms with E-state index < -0.39 is 5.91 Å². The monoisotopic (exact) mass is 432 g/mol. The molecule has 0 aliphatic carbocycles. The predicted octanol–water partition coefficient (Wildman–Crippen LogP) is 2.78. The molecule has 9 heteroatoms. The van der Waals surface area contributed by atoms with Crippen molar-refractivity contribution in [3.05, 3.63) is 72.4 Å². The van der Waals surface area contributed by atoms with Crippen LogP contribution in [0.5, 0.6) is 0 Å². The first-order valence-corrected chi connectivity index (χ1v) is 10.4. The van der Waals surface area contributed by atoms with E-state index in [-0.39, 0.29) is 23.6 Å². The van der Waals surface area contributed by atoms with Crippen LogP contribution in [-0.4, -0.2) is 46.0 Å². The average Bonchev–Trinajstić information content (AvgIpc) is 3.34. The Balaban J connectivity index is 1.23. The molecule has 0 saturated carbocycles. The minimum absolute atomic E-state index is 0.183. The molecule has 4 N–H and O–H groups in total. The number of nitrogens with one attached hydrogen (secondary N) is 4. The Morgan fingerprint density at radius 3 is 2.25 bits per heavy atom. The summed E-state index contributed by atoms with van der Waals surface area (Å²) < 4.78 is 0. The van der Waals surface area contributed by atoms with Crippen molar-refractivity contribution in [3.8, 4) is 11.3 Å². The van der Waals surface area contributed by atoms with E-state index in [1.165, 1.54) is 0 Å². The molecule has 4 rings (SSSR count). The van der Waals surface area contributed by atoms with Crippen molar-refractivity contribution in [3.63, 3.8) is 0 Å². The van der Waals surface area contributed by atoms with Gasteiger partial charge < -0.3 is 10.2 Å². The third-order valence-electron chi connectivity index (χ3n) is 5.37. The van der Waals surface area contributed by atoms with E-state index >= 15 is 0 Å². The number of hydrogen-bond donors (Lipinski definition) is 4.